The Bertz CT molecular complexity index is 1100. The summed E-state index contributed by atoms with van der Waals surface area (Å²) in [5.41, 5.74) is 3.05. The van der Waals surface area contributed by atoms with Crippen molar-refractivity contribution in [1.29, 1.82) is 0 Å². The summed E-state index contributed by atoms with van der Waals surface area (Å²) in [5, 5.41) is 0.757. The SMILES string of the molecule is O=c1nc(SCc2cccc(Br)c2)n(Cc2cccc(Br)c2)cc1CN1CCCCC1. The van der Waals surface area contributed by atoms with E-state index in [0.29, 0.717) is 13.1 Å². The summed E-state index contributed by atoms with van der Waals surface area (Å²) in [6.07, 6.45) is 5.72. The first-order chi connectivity index (χ1) is 15.1. The van der Waals surface area contributed by atoms with Gasteiger partial charge in [0.25, 0.3) is 5.56 Å². The van der Waals surface area contributed by atoms with Crippen LogP contribution in [-0.4, -0.2) is 27.5 Å². The lowest BCUT2D eigenvalue weighted by molar-refractivity contribution is 0.219. The minimum absolute atomic E-state index is 0.104. The molecular formula is C24H25Br2N3OS. The van der Waals surface area contributed by atoms with Crippen LogP contribution in [0, 0.1) is 0 Å². The maximum Gasteiger partial charge on any atom is 0.278 e. The fourth-order valence-corrected chi connectivity index (χ4v) is 5.62. The zero-order valence-corrected chi connectivity index (χ0v) is 21.3. The largest absolute Gasteiger partial charge is 0.323 e. The van der Waals surface area contributed by atoms with Crippen molar-refractivity contribution in [3.63, 3.8) is 0 Å². The Hall–Kier alpha value is -1.41. The molecule has 1 aromatic heterocycles. The molecule has 0 radical (unpaired) electrons. The van der Waals surface area contributed by atoms with Crippen molar-refractivity contribution in [2.75, 3.05) is 13.1 Å². The van der Waals surface area contributed by atoms with Gasteiger partial charge in [-0.2, -0.15) is 4.98 Å². The average molecular weight is 563 g/mol. The summed E-state index contributed by atoms with van der Waals surface area (Å²) >= 11 is 8.70. The van der Waals surface area contributed by atoms with Crippen LogP contribution < -0.4 is 5.56 Å². The molecule has 1 fully saturated rings. The topological polar surface area (TPSA) is 38.1 Å². The van der Waals surface area contributed by atoms with Crippen LogP contribution in [0.15, 0.2) is 73.6 Å². The van der Waals surface area contributed by atoms with Crippen LogP contribution >= 0.6 is 43.6 Å². The van der Waals surface area contributed by atoms with E-state index in [1.807, 2.05) is 30.5 Å². The summed E-state index contributed by atoms with van der Waals surface area (Å²) in [5.74, 6) is 0.760. The van der Waals surface area contributed by atoms with Crippen molar-refractivity contribution >= 4 is 43.6 Å². The quantitative estimate of drug-likeness (QED) is 0.258. The summed E-state index contributed by atoms with van der Waals surface area (Å²) in [6, 6.07) is 16.5. The summed E-state index contributed by atoms with van der Waals surface area (Å²) in [6.45, 7) is 3.48. The Morgan fingerprint density at radius 2 is 1.58 bits per heavy atom. The smallest absolute Gasteiger partial charge is 0.278 e. The van der Waals surface area contributed by atoms with E-state index in [9.17, 15) is 4.79 Å². The highest BCUT2D eigenvalue weighted by Gasteiger charge is 2.15. The number of hydrogen-bond acceptors (Lipinski definition) is 4. The van der Waals surface area contributed by atoms with E-state index in [1.54, 1.807) is 11.8 Å². The van der Waals surface area contributed by atoms with Gasteiger partial charge in [-0.1, -0.05) is 74.3 Å². The number of likely N-dealkylation sites (tertiary alicyclic amines) is 1. The van der Waals surface area contributed by atoms with E-state index in [-0.39, 0.29) is 5.56 Å². The van der Waals surface area contributed by atoms with E-state index in [2.05, 4.69) is 70.6 Å². The van der Waals surface area contributed by atoms with Gasteiger partial charge in [0.05, 0.1) is 0 Å². The van der Waals surface area contributed by atoms with Crippen LogP contribution in [0.1, 0.15) is 36.0 Å². The molecule has 0 amide bonds. The van der Waals surface area contributed by atoms with Crippen molar-refractivity contribution in [2.24, 2.45) is 0 Å². The summed E-state index contributed by atoms with van der Waals surface area (Å²) in [4.78, 5) is 19.7. The van der Waals surface area contributed by atoms with E-state index in [0.717, 1.165) is 38.5 Å². The van der Waals surface area contributed by atoms with E-state index < -0.39 is 0 Å². The second-order valence-corrected chi connectivity index (χ2v) is 10.6. The Kier molecular flexibility index (Phi) is 8.04. The highest BCUT2D eigenvalue weighted by molar-refractivity contribution is 9.10. The molecule has 3 aromatic rings. The molecule has 7 heteroatoms. The maximum absolute atomic E-state index is 12.9. The lowest BCUT2D eigenvalue weighted by Crippen LogP contribution is -2.32. The number of benzene rings is 2. The molecule has 2 heterocycles. The molecule has 1 saturated heterocycles. The van der Waals surface area contributed by atoms with Gasteiger partial charge in [0.2, 0.25) is 0 Å². The highest BCUT2D eigenvalue weighted by Crippen LogP contribution is 2.24. The van der Waals surface area contributed by atoms with E-state index >= 15 is 0 Å². The first kappa shape index (κ1) is 22.8. The highest BCUT2D eigenvalue weighted by atomic mass is 79.9. The fourth-order valence-electron chi connectivity index (χ4n) is 3.82. The van der Waals surface area contributed by atoms with Crippen LogP contribution in [0.2, 0.25) is 0 Å². The van der Waals surface area contributed by atoms with E-state index in [4.69, 9.17) is 0 Å². The number of nitrogens with zero attached hydrogens (tertiary/aromatic N) is 3. The predicted molar refractivity (Wildman–Crippen MR) is 135 cm³/mol. The molecule has 0 bridgehead atoms. The van der Waals surface area contributed by atoms with Crippen LogP contribution in [-0.2, 0) is 18.8 Å². The molecule has 0 spiro atoms. The third-order valence-corrected chi connectivity index (χ3v) is 7.42. The zero-order chi connectivity index (χ0) is 21.6. The van der Waals surface area contributed by atoms with Gasteiger partial charge in [0.15, 0.2) is 5.16 Å². The first-order valence-electron chi connectivity index (χ1n) is 10.5. The molecule has 1 aliphatic rings. The number of thioether (sulfide) groups is 1. The van der Waals surface area contributed by atoms with Crippen LogP contribution in [0.3, 0.4) is 0 Å². The maximum atomic E-state index is 12.9. The van der Waals surface area contributed by atoms with Crippen molar-refractivity contribution in [2.45, 2.75) is 43.3 Å². The molecule has 31 heavy (non-hydrogen) atoms. The van der Waals surface area contributed by atoms with Gasteiger partial charge in [-0.3, -0.25) is 9.69 Å². The standard InChI is InChI=1S/C24H25Br2N3OS/c25-21-8-4-6-18(12-21)14-29-16-20(15-28-10-2-1-3-11-28)23(30)27-24(29)31-17-19-7-5-9-22(26)13-19/h4-9,12-13,16H,1-3,10-11,14-15,17H2. The van der Waals surface area contributed by atoms with Gasteiger partial charge in [0, 0.05) is 39.5 Å². The molecule has 2 aromatic carbocycles. The first-order valence-corrected chi connectivity index (χ1v) is 13.1. The number of halogens is 2. The Labute approximate surface area is 204 Å². The van der Waals surface area contributed by atoms with Crippen LogP contribution in [0.5, 0.6) is 0 Å². The molecule has 0 unspecified atom stereocenters. The number of piperidine rings is 1. The number of hydrogen-bond donors (Lipinski definition) is 0. The van der Waals surface area contributed by atoms with Crippen molar-refractivity contribution in [3.8, 4) is 0 Å². The molecule has 1 aliphatic heterocycles. The third-order valence-electron chi connectivity index (χ3n) is 5.37. The zero-order valence-electron chi connectivity index (χ0n) is 17.3. The number of rotatable bonds is 7. The molecule has 0 aliphatic carbocycles. The van der Waals surface area contributed by atoms with Gasteiger partial charge in [-0.15, -0.1) is 0 Å². The second-order valence-electron chi connectivity index (χ2n) is 7.87. The van der Waals surface area contributed by atoms with E-state index in [1.165, 1.54) is 30.4 Å². The van der Waals surface area contributed by atoms with Crippen molar-refractivity contribution in [3.05, 3.63) is 90.7 Å². The van der Waals surface area contributed by atoms with Crippen LogP contribution in [0.4, 0.5) is 0 Å². The van der Waals surface area contributed by atoms with Crippen molar-refractivity contribution in [1.82, 2.24) is 14.5 Å². The van der Waals surface area contributed by atoms with Crippen LogP contribution in [0.25, 0.3) is 0 Å². The Morgan fingerprint density at radius 1 is 0.903 bits per heavy atom. The predicted octanol–water partition coefficient (Wildman–Crippen LogP) is 6.09. The van der Waals surface area contributed by atoms with Gasteiger partial charge >= 0.3 is 0 Å². The minimum Gasteiger partial charge on any atom is -0.323 e. The molecular weight excluding hydrogens is 538 g/mol. The molecule has 0 atom stereocenters. The summed E-state index contributed by atoms with van der Waals surface area (Å²) < 4.78 is 4.24. The minimum atomic E-state index is -0.104. The normalized spacial score (nSPS) is 14.6. The molecule has 0 saturated carbocycles. The molecule has 4 nitrogen and oxygen atoms in total. The van der Waals surface area contributed by atoms with Gasteiger partial charge in [-0.05, 0) is 61.3 Å². The third kappa shape index (κ3) is 6.54. The lowest BCUT2D eigenvalue weighted by Gasteiger charge is -2.26. The number of aromatic nitrogens is 2. The Morgan fingerprint density at radius 3 is 2.29 bits per heavy atom. The monoisotopic (exact) mass is 561 g/mol. The van der Waals surface area contributed by atoms with Gasteiger partial charge in [-0.25, -0.2) is 0 Å². The average Bonchev–Trinajstić information content (AvgIpc) is 2.76. The molecule has 162 valence electrons. The van der Waals surface area contributed by atoms with Gasteiger partial charge < -0.3 is 4.57 Å². The lowest BCUT2D eigenvalue weighted by atomic mass is 10.1. The fraction of sp³-hybridized carbons (Fsp3) is 0.333. The van der Waals surface area contributed by atoms with Gasteiger partial charge in [0.1, 0.15) is 0 Å². The molecule has 0 N–H and O–H groups in total. The van der Waals surface area contributed by atoms with Crippen molar-refractivity contribution < 1.29 is 0 Å². The summed E-state index contributed by atoms with van der Waals surface area (Å²) in [7, 11) is 0. The molecule has 4 rings (SSSR count). The Balaban J connectivity index is 1.61. The second kappa shape index (κ2) is 10.9.